The zero-order valence-electron chi connectivity index (χ0n) is 12.9. The number of benzene rings is 1. The van der Waals surface area contributed by atoms with Crippen molar-refractivity contribution in [3.63, 3.8) is 0 Å². The molecule has 2 heterocycles. The molecule has 1 aliphatic heterocycles. The van der Waals surface area contributed by atoms with Crippen LogP contribution in [-0.4, -0.2) is 47.1 Å². The number of hydrogen-bond donors (Lipinski definition) is 1. The molecule has 1 N–H and O–H groups in total. The Bertz CT molecular complexity index is 643. The van der Waals surface area contributed by atoms with E-state index in [9.17, 15) is 9.90 Å². The summed E-state index contributed by atoms with van der Waals surface area (Å²) in [5, 5.41) is 9.27. The zero-order valence-corrected chi connectivity index (χ0v) is 15.8. The van der Waals surface area contributed by atoms with E-state index in [4.69, 9.17) is 0 Å². The van der Waals surface area contributed by atoms with Crippen molar-refractivity contribution in [3.8, 4) is 0 Å². The van der Waals surface area contributed by atoms with Gasteiger partial charge in [-0.25, -0.2) is 9.78 Å². The van der Waals surface area contributed by atoms with E-state index < -0.39 is 5.97 Å². The van der Waals surface area contributed by atoms with Crippen molar-refractivity contribution < 1.29 is 42.6 Å². The van der Waals surface area contributed by atoms with Crippen LogP contribution in [0.25, 0.3) is 0 Å². The van der Waals surface area contributed by atoms with Gasteiger partial charge < -0.3 is 10.0 Å². The van der Waals surface area contributed by atoms with Gasteiger partial charge in [0.05, 0.1) is 0 Å². The van der Waals surface area contributed by atoms with Crippen LogP contribution in [0.3, 0.4) is 0 Å². The Morgan fingerprint density at radius 3 is 2.39 bits per heavy atom. The molecule has 117 valence electrons. The van der Waals surface area contributed by atoms with E-state index in [0.29, 0.717) is 5.82 Å². The molecule has 1 aromatic carbocycles. The molecule has 2 aromatic rings. The summed E-state index contributed by atoms with van der Waals surface area (Å²) in [6.45, 7) is 4.34. The fraction of sp³-hybridized carbons (Fsp3) is 0.294. The number of carbonyl (C=O) groups is 1. The van der Waals surface area contributed by atoms with E-state index in [-0.39, 0.29) is 38.3 Å². The fourth-order valence-electron chi connectivity index (χ4n) is 2.78. The number of carboxylic acid groups (broad SMARTS) is 1. The quantitative estimate of drug-likeness (QED) is 0.873. The minimum atomic E-state index is -0.921. The molecule has 0 amide bonds. The minimum absolute atomic E-state index is 0. The van der Waals surface area contributed by atoms with Crippen LogP contribution in [-0.2, 0) is 39.3 Å². The molecule has 0 bridgehead atoms. The number of pyridine rings is 1. The third-order valence-corrected chi connectivity index (χ3v) is 3.94. The second-order valence-electron chi connectivity index (χ2n) is 5.43. The molecule has 6 heteroatoms. The average molecular weight is 386 g/mol. The fourth-order valence-corrected chi connectivity index (χ4v) is 2.78. The van der Waals surface area contributed by atoms with Crippen LogP contribution in [0.1, 0.15) is 15.9 Å². The molecule has 0 aliphatic carbocycles. The van der Waals surface area contributed by atoms with Gasteiger partial charge in [-0.1, -0.05) is 30.3 Å². The Morgan fingerprint density at radius 2 is 1.74 bits per heavy atom. The first-order valence-electron chi connectivity index (χ1n) is 7.43. The third-order valence-electron chi connectivity index (χ3n) is 3.94. The largest absolute Gasteiger partial charge is 0.478 e. The summed E-state index contributed by atoms with van der Waals surface area (Å²) < 4.78 is 0. The van der Waals surface area contributed by atoms with Crippen molar-refractivity contribution in [2.45, 2.75) is 6.54 Å². The van der Waals surface area contributed by atoms with Crippen molar-refractivity contribution in [2.24, 2.45) is 0 Å². The molecule has 0 unspecified atom stereocenters. The molecule has 1 aromatic heterocycles. The summed E-state index contributed by atoms with van der Waals surface area (Å²) in [7, 11) is 0. The van der Waals surface area contributed by atoms with E-state index >= 15 is 0 Å². The summed E-state index contributed by atoms with van der Waals surface area (Å²) >= 11 is 0. The van der Waals surface area contributed by atoms with Gasteiger partial charge in [0.15, 0.2) is 0 Å². The van der Waals surface area contributed by atoms with Gasteiger partial charge in [-0.05, 0) is 17.7 Å². The van der Waals surface area contributed by atoms with Gasteiger partial charge in [-0.3, -0.25) is 4.90 Å². The normalized spacial score (nSPS) is 15.0. The predicted octanol–water partition coefficient (Wildman–Crippen LogP) is 2.10. The second kappa shape index (κ2) is 8.53. The van der Waals surface area contributed by atoms with Gasteiger partial charge >= 0.3 is 5.97 Å². The Hall–Kier alpha value is -1.30. The number of aromatic nitrogens is 1. The Kier molecular flexibility index (Phi) is 6.69. The number of nitrogens with zero attached hydrogens (tertiary/aromatic N) is 3. The first-order chi connectivity index (χ1) is 10.7. The molecule has 0 saturated carbocycles. The molecule has 3 rings (SSSR count). The van der Waals surface area contributed by atoms with Crippen LogP contribution >= 0.6 is 0 Å². The summed E-state index contributed by atoms with van der Waals surface area (Å²) in [5.41, 5.74) is 1.58. The number of carboxylic acids is 1. The predicted molar refractivity (Wildman–Crippen MR) is 85.1 cm³/mol. The molecule has 0 atom stereocenters. The number of piperazine rings is 1. The number of aromatic carboxylic acids is 1. The van der Waals surface area contributed by atoms with E-state index in [0.717, 1.165) is 32.7 Å². The smallest absolute Gasteiger partial charge is 0.339 e. The van der Waals surface area contributed by atoms with E-state index in [1.54, 1.807) is 18.3 Å². The molecule has 5 nitrogen and oxygen atoms in total. The zero-order chi connectivity index (χ0) is 15.4. The standard InChI is InChI=1S/C17H19N3O2.Y/c21-17(22)15-7-4-8-18-16(15)20-11-9-19(10-12-20)13-14-5-2-1-3-6-14;/h1-8H,9-13H2,(H,21,22);. The second-order valence-corrected chi connectivity index (χ2v) is 5.43. The summed E-state index contributed by atoms with van der Waals surface area (Å²) in [6.07, 6.45) is 1.65. The third kappa shape index (κ3) is 4.59. The van der Waals surface area contributed by atoms with Crippen LogP contribution in [0.4, 0.5) is 5.82 Å². The molecular formula is C17H19N3O2Y. The Morgan fingerprint density at radius 1 is 1.04 bits per heavy atom. The molecule has 1 fully saturated rings. The maximum absolute atomic E-state index is 11.3. The Balaban J connectivity index is 0.00000192. The van der Waals surface area contributed by atoms with Crippen molar-refractivity contribution in [1.82, 2.24) is 9.88 Å². The van der Waals surface area contributed by atoms with Crippen molar-refractivity contribution in [3.05, 3.63) is 59.8 Å². The van der Waals surface area contributed by atoms with Gasteiger partial charge in [0.25, 0.3) is 0 Å². The monoisotopic (exact) mass is 386 g/mol. The summed E-state index contributed by atoms with van der Waals surface area (Å²) in [5.74, 6) is -0.343. The molecule has 1 radical (unpaired) electrons. The maximum Gasteiger partial charge on any atom is 0.339 e. The topological polar surface area (TPSA) is 56.7 Å². The van der Waals surface area contributed by atoms with Crippen molar-refractivity contribution in [1.29, 1.82) is 0 Å². The van der Waals surface area contributed by atoms with Gasteiger partial charge in [-0.15, -0.1) is 0 Å². The van der Waals surface area contributed by atoms with E-state index in [1.165, 1.54) is 5.56 Å². The molecule has 23 heavy (non-hydrogen) atoms. The number of rotatable bonds is 4. The van der Waals surface area contributed by atoms with Gasteiger partial charge in [-0.2, -0.15) is 0 Å². The summed E-state index contributed by atoms with van der Waals surface area (Å²) in [6, 6.07) is 13.7. The molecule has 1 aliphatic rings. The first kappa shape index (κ1) is 18.0. The summed E-state index contributed by atoms with van der Waals surface area (Å²) in [4.78, 5) is 20.0. The van der Waals surface area contributed by atoms with Crippen LogP contribution in [0.5, 0.6) is 0 Å². The number of hydrogen-bond acceptors (Lipinski definition) is 4. The number of anilines is 1. The van der Waals surface area contributed by atoms with Crippen molar-refractivity contribution >= 4 is 11.8 Å². The Labute approximate surface area is 161 Å². The molecule has 0 spiro atoms. The van der Waals surface area contributed by atoms with Gasteiger partial charge in [0, 0.05) is 71.6 Å². The first-order valence-corrected chi connectivity index (χ1v) is 7.43. The van der Waals surface area contributed by atoms with Crippen LogP contribution in [0.2, 0.25) is 0 Å². The van der Waals surface area contributed by atoms with Gasteiger partial charge in [0.2, 0.25) is 0 Å². The van der Waals surface area contributed by atoms with Crippen LogP contribution < -0.4 is 4.90 Å². The average Bonchev–Trinajstić information content (AvgIpc) is 2.56. The van der Waals surface area contributed by atoms with E-state index in [2.05, 4.69) is 39.0 Å². The van der Waals surface area contributed by atoms with Crippen molar-refractivity contribution in [2.75, 3.05) is 31.1 Å². The van der Waals surface area contributed by atoms with Gasteiger partial charge in [0.1, 0.15) is 11.4 Å². The maximum atomic E-state index is 11.3. The van der Waals surface area contributed by atoms with Crippen LogP contribution in [0.15, 0.2) is 48.7 Å². The minimum Gasteiger partial charge on any atom is -0.478 e. The SMILES string of the molecule is O=C(O)c1cccnc1N1CCN(Cc2ccccc2)CC1.[Y]. The molecular weight excluding hydrogens is 367 g/mol. The molecule has 1 saturated heterocycles. The van der Waals surface area contributed by atoms with E-state index in [1.807, 2.05) is 6.07 Å². The van der Waals surface area contributed by atoms with Crippen LogP contribution in [0, 0.1) is 0 Å².